The van der Waals surface area contributed by atoms with Gasteiger partial charge in [0, 0.05) is 5.69 Å². The third-order valence-corrected chi connectivity index (χ3v) is 3.19. The Hall–Kier alpha value is -2.44. The summed E-state index contributed by atoms with van der Waals surface area (Å²) in [5.74, 6) is 0. The molecule has 1 aromatic carbocycles. The molecule has 0 fully saturated rings. The molecular weight excluding hydrogens is 338 g/mol. The van der Waals surface area contributed by atoms with E-state index in [1.165, 1.54) is 0 Å². The zero-order valence-corrected chi connectivity index (χ0v) is 16.2. The van der Waals surface area contributed by atoms with Gasteiger partial charge in [0.2, 0.25) is 0 Å². The molecule has 0 heterocycles. The smallest absolute Gasteiger partial charge is 0.432 e. The lowest BCUT2D eigenvalue weighted by molar-refractivity contribution is 0.0343. The third kappa shape index (κ3) is 9.15. The van der Waals surface area contributed by atoms with E-state index in [0.717, 1.165) is 11.3 Å². The second-order valence-electron chi connectivity index (χ2n) is 6.36. The normalized spacial score (nSPS) is 10.6. The fourth-order valence-electron chi connectivity index (χ4n) is 2.13. The summed E-state index contributed by atoms with van der Waals surface area (Å²) in [6, 6.07) is 7.90. The minimum atomic E-state index is -0.694. The fraction of sp³-hybridized carbons (Fsp3) is 0.579. The summed E-state index contributed by atoms with van der Waals surface area (Å²) in [6.45, 7) is 10.2. The number of carbonyl (C=O) groups is 2. The highest BCUT2D eigenvalue weighted by molar-refractivity contribution is 5.60. The molecule has 1 rings (SSSR count). The van der Waals surface area contributed by atoms with Gasteiger partial charge >= 0.3 is 12.3 Å². The maximum absolute atomic E-state index is 11.5. The van der Waals surface area contributed by atoms with Gasteiger partial charge in [-0.1, -0.05) is 12.1 Å². The van der Waals surface area contributed by atoms with E-state index < -0.39 is 12.3 Å². The van der Waals surface area contributed by atoms with Crippen LogP contribution in [0.1, 0.15) is 33.3 Å². The first kappa shape index (κ1) is 21.6. The first-order valence-electron chi connectivity index (χ1n) is 8.76. The second kappa shape index (κ2) is 11.2. The molecule has 0 atom stereocenters. The molecule has 0 spiro atoms. The lowest BCUT2D eigenvalue weighted by Gasteiger charge is -2.25. The molecule has 0 saturated heterocycles. The van der Waals surface area contributed by atoms with Crippen LogP contribution < -0.4 is 4.90 Å². The maximum Gasteiger partial charge on any atom is 0.508 e. The summed E-state index contributed by atoms with van der Waals surface area (Å²) in [4.78, 5) is 24.9. The van der Waals surface area contributed by atoms with Gasteiger partial charge in [-0.05, 0) is 52.3 Å². The number of aryl methyl sites for hydroxylation is 1. The number of hydrogen-bond acceptors (Lipinski definition) is 7. The van der Waals surface area contributed by atoms with Crippen LogP contribution in [0.25, 0.3) is 0 Å². The first-order chi connectivity index (χ1) is 12.3. The number of nitrogens with zero attached hydrogens (tertiary/aromatic N) is 1. The molecule has 26 heavy (non-hydrogen) atoms. The first-order valence-corrected chi connectivity index (χ1v) is 8.76. The third-order valence-electron chi connectivity index (χ3n) is 3.19. The molecule has 7 heteroatoms. The Morgan fingerprint density at radius 2 is 1.42 bits per heavy atom. The van der Waals surface area contributed by atoms with Crippen LogP contribution in [-0.4, -0.2) is 50.8 Å². The average Bonchev–Trinajstić information content (AvgIpc) is 2.52. The van der Waals surface area contributed by atoms with Gasteiger partial charge in [0.05, 0.1) is 25.3 Å². The van der Waals surface area contributed by atoms with Gasteiger partial charge < -0.3 is 23.8 Å². The number of benzene rings is 1. The van der Waals surface area contributed by atoms with Crippen molar-refractivity contribution in [3.8, 4) is 0 Å². The Bertz CT molecular complexity index is 545. The highest BCUT2D eigenvalue weighted by atomic mass is 16.7. The molecule has 7 nitrogen and oxygen atoms in total. The Kier molecular flexibility index (Phi) is 9.33. The molecule has 0 aliphatic rings. The molecule has 0 aliphatic heterocycles. The van der Waals surface area contributed by atoms with E-state index in [0.29, 0.717) is 13.1 Å². The predicted molar refractivity (Wildman–Crippen MR) is 98.5 cm³/mol. The molecule has 1 aromatic rings. The molecule has 0 unspecified atom stereocenters. The summed E-state index contributed by atoms with van der Waals surface area (Å²) in [7, 11) is 0. The number of anilines is 1. The van der Waals surface area contributed by atoms with Gasteiger partial charge in [0.1, 0.15) is 13.2 Å². The Morgan fingerprint density at radius 3 is 1.85 bits per heavy atom. The van der Waals surface area contributed by atoms with Gasteiger partial charge in [-0.25, -0.2) is 9.59 Å². The summed E-state index contributed by atoms with van der Waals surface area (Å²) in [6.07, 6.45) is -1.84. The van der Waals surface area contributed by atoms with E-state index in [1.54, 1.807) is 27.7 Å². The highest BCUT2D eigenvalue weighted by Crippen LogP contribution is 2.15. The van der Waals surface area contributed by atoms with Crippen LogP contribution in [0, 0.1) is 6.92 Å². The van der Waals surface area contributed by atoms with Crippen LogP contribution >= 0.6 is 0 Å². The molecule has 0 N–H and O–H groups in total. The van der Waals surface area contributed by atoms with E-state index >= 15 is 0 Å². The minimum absolute atomic E-state index is 0.163. The number of ether oxygens (including phenoxy) is 4. The van der Waals surface area contributed by atoms with Gasteiger partial charge in [0.15, 0.2) is 0 Å². The van der Waals surface area contributed by atoms with E-state index in [9.17, 15) is 9.59 Å². The summed E-state index contributed by atoms with van der Waals surface area (Å²) in [5, 5.41) is 0. The van der Waals surface area contributed by atoms with Crippen LogP contribution in [0.4, 0.5) is 15.3 Å². The van der Waals surface area contributed by atoms with Crippen molar-refractivity contribution in [1.29, 1.82) is 0 Å². The summed E-state index contributed by atoms with van der Waals surface area (Å²) < 4.78 is 20.0. The average molecular weight is 367 g/mol. The monoisotopic (exact) mass is 367 g/mol. The van der Waals surface area contributed by atoms with Gasteiger partial charge in [0.25, 0.3) is 0 Å². The summed E-state index contributed by atoms with van der Waals surface area (Å²) in [5.41, 5.74) is 2.06. The van der Waals surface area contributed by atoms with Crippen LogP contribution in [-0.2, 0) is 18.9 Å². The van der Waals surface area contributed by atoms with Crippen molar-refractivity contribution in [3.63, 3.8) is 0 Å². The van der Waals surface area contributed by atoms with Crippen LogP contribution in [0.3, 0.4) is 0 Å². The van der Waals surface area contributed by atoms with Crippen LogP contribution in [0.2, 0.25) is 0 Å². The molecule has 0 bridgehead atoms. The van der Waals surface area contributed by atoms with Crippen molar-refractivity contribution >= 4 is 18.0 Å². The van der Waals surface area contributed by atoms with Crippen molar-refractivity contribution in [1.82, 2.24) is 0 Å². The molecule has 0 saturated carbocycles. The maximum atomic E-state index is 11.5. The van der Waals surface area contributed by atoms with Gasteiger partial charge in [-0.3, -0.25) is 0 Å². The Labute approximate surface area is 155 Å². The van der Waals surface area contributed by atoms with E-state index in [-0.39, 0.29) is 25.4 Å². The fourth-order valence-corrected chi connectivity index (χ4v) is 2.13. The Balaban J connectivity index is 2.57. The number of rotatable bonds is 9. The minimum Gasteiger partial charge on any atom is -0.432 e. The summed E-state index contributed by atoms with van der Waals surface area (Å²) >= 11 is 0. The molecule has 0 amide bonds. The van der Waals surface area contributed by atoms with Crippen molar-refractivity contribution < 1.29 is 28.5 Å². The van der Waals surface area contributed by atoms with Crippen molar-refractivity contribution in [2.24, 2.45) is 0 Å². The van der Waals surface area contributed by atoms with Crippen molar-refractivity contribution in [2.75, 3.05) is 31.2 Å². The highest BCUT2D eigenvalue weighted by Gasteiger charge is 2.12. The molecule has 0 aliphatic carbocycles. The van der Waals surface area contributed by atoms with Crippen molar-refractivity contribution in [2.45, 2.75) is 46.8 Å². The van der Waals surface area contributed by atoms with E-state index in [4.69, 9.17) is 18.9 Å². The van der Waals surface area contributed by atoms with Crippen LogP contribution in [0.5, 0.6) is 0 Å². The second-order valence-corrected chi connectivity index (χ2v) is 6.36. The zero-order valence-electron chi connectivity index (χ0n) is 16.2. The largest absolute Gasteiger partial charge is 0.508 e. The molecular formula is C19H29NO6. The molecule has 146 valence electrons. The molecule has 0 radical (unpaired) electrons. The number of carbonyl (C=O) groups excluding carboxylic acids is 2. The van der Waals surface area contributed by atoms with E-state index in [2.05, 4.69) is 0 Å². The quantitative estimate of drug-likeness (QED) is 0.612. The SMILES string of the molecule is Cc1cccc(N(CCOC(=O)OC(C)C)CCOC(=O)OC(C)C)c1. The Morgan fingerprint density at radius 1 is 0.923 bits per heavy atom. The predicted octanol–water partition coefficient (Wildman–Crippen LogP) is 3.92. The van der Waals surface area contributed by atoms with E-state index in [1.807, 2.05) is 36.1 Å². The lowest BCUT2D eigenvalue weighted by Crippen LogP contribution is -2.32. The topological polar surface area (TPSA) is 74.3 Å². The van der Waals surface area contributed by atoms with Gasteiger partial charge in [-0.15, -0.1) is 0 Å². The van der Waals surface area contributed by atoms with Crippen LogP contribution in [0.15, 0.2) is 24.3 Å². The standard InChI is InChI=1S/C19H29NO6/c1-14(2)25-18(21)23-11-9-20(17-8-6-7-16(5)13-17)10-12-24-19(22)26-15(3)4/h6-8,13-15H,9-12H2,1-5H3. The molecule has 0 aromatic heterocycles. The number of hydrogen-bond donors (Lipinski definition) is 0. The van der Waals surface area contributed by atoms with Crippen molar-refractivity contribution in [3.05, 3.63) is 29.8 Å². The van der Waals surface area contributed by atoms with Gasteiger partial charge in [-0.2, -0.15) is 0 Å². The lowest BCUT2D eigenvalue weighted by atomic mass is 10.2. The zero-order chi connectivity index (χ0) is 19.5.